The Balaban J connectivity index is 3.05. The molecular weight excluding hydrogens is 322 g/mol. The quantitative estimate of drug-likeness (QED) is 0.616. The number of carbonyl (C=O) groups excluding carboxylic acids is 1. The minimum Gasteiger partial charge on any atom is -0.359 e. The van der Waals surface area contributed by atoms with Crippen molar-refractivity contribution in [2.24, 2.45) is 0 Å². The van der Waals surface area contributed by atoms with Crippen LogP contribution in [0.15, 0.2) is 23.1 Å². The third kappa shape index (κ3) is 4.13. The van der Waals surface area contributed by atoms with Crippen molar-refractivity contribution in [1.82, 2.24) is 9.62 Å². The fourth-order valence-corrected chi connectivity index (χ4v) is 2.86. The van der Waals surface area contributed by atoms with Gasteiger partial charge in [0.15, 0.2) is 0 Å². The van der Waals surface area contributed by atoms with E-state index in [2.05, 4.69) is 5.32 Å². The van der Waals surface area contributed by atoms with Crippen LogP contribution in [0.3, 0.4) is 0 Å². The van der Waals surface area contributed by atoms with Gasteiger partial charge < -0.3 is 5.32 Å². The lowest BCUT2D eigenvalue weighted by molar-refractivity contribution is -0.384. The van der Waals surface area contributed by atoms with Crippen molar-refractivity contribution >= 4 is 33.2 Å². The highest BCUT2D eigenvalue weighted by Crippen LogP contribution is 2.28. The Hall–Kier alpha value is -1.71. The van der Waals surface area contributed by atoms with E-state index in [1.54, 1.807) is 0 Å². The van der Waals surface area contributed by atoms with Gasteiger partial charge in [-0.2, -0.15) is 0 Å². The Labute approximate surface area is 126 Å². The second-order valence-electron chi connectivity index (χ2n) is 4.12. The van der Waals surface area contributed by atoms with Gasteiger partial charge in [0.25, 0.3) is 5.69 Å². The topological polar surface area (TPSA) is 110 Å². The molecular formula is C11H14ClN3O5S. The molecule has 1 aromatic carbocycles. The van der Waals surface area contributed by atoms with Gasteiger partial charge in [0.05, 0.1) is 9.82 Å². The zero-order valence-corrected chi connectivity index (χ0v) is 12.9. The second-order valence-corrected chi connectivity index (χ2v) is 6.57. The van der Waals surface area contributed by atoms with Crippen LogP contribution >= 0.6 is 11.6 Å². The van der Waals surface area contributed by atoms with E-state index in [1.165, 1.54) is 20.2 Å². The fraction of sp³-hybridized carbons (Fsp3) is 0.364. The zero-order chi connectivity index (χ0) is 16.2. The normalized spacial score (nSPS) is 11.4. The molecule has 0 bridgehead atoms. The third-order valence-corrected chi connectivity index (χ3v) is 4.93. The molecule has 0 spiro atoms. The highest BCUT2D eigenvalue weighted by atomic mass is 35.5. The lowest BCUT2D eigenvalue weighted by atomic mass is 10.3. The summed E-state index contributed by atoms with van der Waals surface area (Å²) in [6.07, 6.45) is -0.0120. The van der Waals surface area contributed by atoms with Crippen LogP contribution in [0, 0.1) is 10.1 Å². The number of nitrogens with one attached hydrogen (secondary N) is 1. The first-order valence-corrected chi connectivity index (χ1v) is 7.62. The lowest BCUT2D eigenvalue weighted by Crippen LogP contribution is -2.31. The van der Waals surface area contributed by atoms with Gasteiger partial charge in [0, 0.05) is 33.1 Å². The molecule has 1 rings (SSSR count). The lowest BCUT2D eigenvalue weighted by Gasteiger charge is -2.16. The van der Waals surface area contributed by atoms with Crippen LogP contribution in [0.1, 0.15) is 6.42 Å². The highest BCUT2D eigenvalue weighted by molar-refractivity contribution is 7.89. The van der Waals surface area contributed by atoms with E-state index in [-0.39, 0.29) is 28.8 Å². The smallest absolute Gasteiger partial charge is 0.289 e. The van der Waals surface area contributed by atoms with Crippen molar-refractivity contribution in [3.8, 4) is 0 Å². The molecule has 21 heavy (non-hydrogen) atoms. The van der Waals surface area contributed by atoms with Gasteiger partial charge in [-0.25, -0.2) is 12.7 Å². The van der Waals surface area contributed by atoms with Gasteiger partial charge in [-0.3, -0.25) is 14.9 Å². The Bertz CT molecular complexity index is 662. The summed E-state index contributed by atoms with van der Waals surface area (Å²) in [6, 6.07) is 3.23. The molecule has 1 aromatic rings. The van der Waals surface area contributed by atoms with Crippen LogP contribution in [0.5, 0.6) is 0 Å². The van der Waals surface area contributed by atoms with Crippen LogP contribution < -0.4 is 5.32 Å². The predicted octanol–water partition coefficient (Wildman–Crippen LogP) is 1.00. The first-order valence-electron chi connectivity index (χ1n) is 5.81. The van der Waals surface area contributed by atoms with Crippen LogP contribution in [0.4, 0.5) is 5.69 Å². The van der Waals surface area contributed by atoms with E-state index in [0.717, 1.165) is 16.4 Å². The number of halogens is 1. The van der Waals surface area contributed by atoms with E-state index in [9.17, 15) is 23.3 Å². The number of nitro benzene ring substituents is 1. The van der Waals surface area contributed by atoms with Crippen molar-refractivity contribution in [2.75, 3.05) is 20.6 Å². The molecule has 0 aliphatic rings. The van der Waals surface area contributed by atoms with Crippen molar-refractivity contribution < 1.29 is 18.1 Å². The maximum atomic E-state index is 12.2. The Kier molecular flexibility index (Phi) is 5.64. The maximum absolute atomic E-state index is 12.2. The molecule has 0 unspecified atom stereocenters. The van der Waals surface area contributed by atoms with Crippen molar-refractivity contribution in [2.45, 2.75) is 11.3 Å². The molecule has 0 heterocycles. The average Bonchev–Trinajstić information content (AvgIpc) is 2.43. The molecule has 0 aliphatic heterocycles. The molecule has 0 atom stereocenters. The number of nitrogens with zero attached hydrogens (tertiary/aromatic N) is 2. The SMILES string of the molecule is CNC(=O)CCN(C)S(=O)(=O)c1ccc(Cl)c([N+](=O)[O-])c1. The van der Waals surface area contributed by atoms with Gasteiger partial charge in [-0.1, -0.05) is 11.6 Å². The monoisotopic (exact) mass is 335 g/mol. The van der Waals surface area contributed by atoms with Gasteiger partial charge >= 0.3 is 0 Å². The van der Waals surface area contributed by atoms with Gasteiger partial charge in [0.2, 0.25) is 15.9 Å². The molecule has 0 saturated carbocycles. The molecule has 1 amide bonds. The first-order chi connectivity index (χ1) is 9.70. The van der Waals surface area contributed by atoms with E-state index >= 15 is 0 Å². The molecule has 8 nitrogen and oxygen atoms in total. The number of hydrogen-bond acceptors (Lipinski definition) is 5. The summed E-state index contributed by atoms with van der Waals surface area (Å²) in [7, 11) is -1.19. The molecule has 0 fully saturated rings. The van der Waals surface area contributed by atoms with Gasteiger partial charge in [0.1, 0.15) is 5.02 Å². The van der Waals surface area contributed by atoms with Crippen molar-refractivity contribution in [3.05, 3.63) is 33.3 Å². The van der Waals surface area contributed by atoms with Crippen LogP contribution in [0.25, 0.3) is 0 Å². The average molecular weight is 336 g/mol. The van der Waals surface area contributed by atoms with Crippen LogP contribution in [-0.4, -0.2) is 44.2 Å². The molecule has 1 N–H and O–H groups in total. The predicted molar refractivity (Wildman–Crippen MR) is 76.6 cm³/mol. The number of rotatable bonds is 6. The summed E-state index contributed by atoms with van der Waals surface area (Å²) in [4.78, 5) is 20.9. The third-order valence-electron chi connectivity index (χ3n) is 2.76. The molecule has 10 heteroatoms. The zero-order valence-electron chi connectivity index (χ0n) is 11.4. The highest BCUT2D eigenvalue weighted by Gasteiger charge is 2.24. The molecule has 0 saturated heterocycles. The molecule has 116 valence electrons. The minimum atomic E-state index is -3.93. The maximum Gasteiger partial charge on any atom is 0.289 e. The summed E-state index contributed by atoms with van der Waals surface area (Å²) in [5.41, 5.74) is -0.488. The second kappa shape index (κ2) is 6.83. The number of amides is 1. The van der Waals surface area contributed by atoms with Gasteiger partial charge in [-0.05, 0) is 12.1 Å². The van der Waals surface area contributed by atoms with E-state index in [1.807, 2.05) is 0 Å². The van der Waals surface area contributed by atoms with E-state index in [4.69, 9.17) is 11.6 Å². The number of nitro groups is 1. The largest absolute Gasteiger partial charge is 0.359 e. The summed E-state index contributed by atoms with van der Waals surface area (Å²) < 4.78 is 25.4. The minimum absolute atomic E-state index is 0.0120. The summed E-state index contributed by atoms with van der Waals surface area (Å²) >= 11 is 5.64. The summed E-state index contributed by atoms with van der Waals surface area (Å²) in [6.45, 7) is -0.0432. The molecule has 0 aromatic heterocycles. The molecule has 0 radical (unpaired) electrons. The fourth-order valence-electron chi connectivity index (χ4n) is 1.48. The Morgan fingerprint density at radius 3 is 2.62 bits per heavy atom. The number of sulfonamides is 1. The number of carbonyl (C=O) groups is 1. The Morgan fingerprint density at radius 2 is 2.10 bits per heavy atom. The number of benzene rings is 1. The number of hydrogen-bond donors (Lipinski definition) is 1. The van der Waals surface area contributed by atoms with Crippen molar-refractivity contribution in [1.29, 1.82) is 0 Å². The van der Waals surface area contributed by atoms with Crippen LogP contribution in [0.2, 0.25) is 5.02 Å². The van der Waals surface area contributed by atoms with Gasteiger partial charge in [-0.15, -0.1) is 0 Å². The standard InChI is InChI=1S/C11H14ClN3O5S/c1-13-11(16)5-6-14(2)21(19,20)8-3-4-9(12)10(7-8)15(17)18/h3-4,7H,5-6H2,1-2H3,(H,13,16). The summed E-state index contributed by atoms with van der Waals surface area (Å²) in [5, 5.41) is 13.0. The molecule has 0 aliphatic carbocycles. The van der Waals surface area contributed by atoms with E-state index < -0.39 is 20.6 Å². The first kappa shape index (κ1) is 17.3. The summed E-state index contributed by atoms with van der Waals surface area (Å²) in [5.74, 6) is -0.306. The van der Waals surface area contributed by atoms with E-state index in [0.29, 0.717) is 0 Å². The van der Waals surface area contributed by atoms with Crippen molar-refractivity contribution in [3.63, 3.8) is 0 Å². The van der Waals surface area contributed by atoms with Crippen LogP contribution in [-0.2, 0) is 14.8 Å². The Morgan fingerprint density at radius 1 is 1.48 bits per heavy atom.